The molecule has 0 atom stereocenters. The van der Waals surface area contributed by atoms with Gasteiger partial charge in [0.15, 0.2) is 0 Å². The van der Waals surface area contributed by atoms with Crippen LogP contribution < -0.4 is 11.1 Å². The zero-order valence-electron chi connectivity index (χ0n) is 11.1. The summed E-state index contributed by atoms with van der Waals surface area (Å²) >= 11 is 5.12. The lowest BCUT2D eigenvalue weighted by atomic mass is 10.2. The van der Waals surface area contributed by atoms with Crippen LogP contribution >= 0.6 is 27.3 Å². The van der Waals surface area contributed by atoms with Crippen molar-refractivity contribution in [1.29, 1.82) is 0 Å². The molecular weight excluding hydrogens is 336 g/mol. The number of aryl methyl sites for hydroxylation is 2. The number of thiophene rings is 1. The number of halogens is 1. The predicted molar refractivity (Wildman–Crippen MR) is 88.7 cm³/mol. The van der Waals surface area contributed by atoms with E-state index in [1.807, 2.05) is 6.07 Å². The van der Waals surface area contributed by atoms with Gasteiger partial charge in [0.25, 0.3) is 0 Å². The Morgan fingerprint density at radius 2 is 1.95 bits per heavy atom. The van der Waals surface area contributed by atoms with E-state index in [9.17, 15) is 0 Å². The van der Waals surface area contributed by atoms with E-state index in [4.69, 9.17) is 5.73 Å². The second kappa shape index (κ2) is 5.03. The van der Waals surface area contributed by atoms with Gasteiger partial charge in [-0.2, -0.15) is 4.98 Å². The number of rotatable bonds is 2. The van der Waals surface area contributed by atoms with Crippen LogP contribution in [0.3, 0.4) is 0 Å². The highest BCUT2D eigenvalue weighted by atomic mass is 79.9. The molecule has 0 aliphatic rings. The van der Waals surface area contributed by atoms with Crippen molar-refractivity contribution in [2.24, 2.45) is 0 Å². The maximum absolute atomic E-state index is 5.78. The van der Waals surface area contributed by atoms with Gasteiger partial charge in [-0.1, -0.05) is 15.9 Å². The molecule has 0 amide bonds. The number of nitrogens with zero attached hydrogens (tertiary/aromatic N) is 2. The van der Waals surface area contributed by atoms with Gasteiger partial charge in [0, 0.05) is 15.0 Å². The Balaban J connectivity index is 2.09. The third-order valence-corrected chi connectivity index (χ3v) is 4.24. The molecule has 0 fully saturated rings. The fourth-order valence-electron chi connectivity index (χ4n) is 2.10. The molecule has 3 aromatic rings. The van der Waals surface area contributed by atoms with Gasteiger partial charge < -0.3 is 11.1 Å². The minimum Gasteiger partial charge on any atom is -0.368 e. The Hall–Kier alpha value is -1.66. The van der Waals surface area contributed by atoms with Crippen molar-refractivity contribution in [2.45, 2.75) is 13.8 Å². The molecule has 20 heavy (non-hydrogen) atoms. The Labute approximate surface area is 129 Å². The zero-order valence-corrected chi connectivity index (χ0v) is 13.5. The lowest BCUT2D eigenvalue weighted by molar-refractivity contribution is 1.24. The van der Waals surface area contributed by atoms with E-state index in [0.29, 0.717) is 0 Å². The smallest absolute Gasteiger partial charge is 0.223 e. The molecule has 0 aliphatic heterocycles. The molecule has 1 aromatic carbocycles. The van der Waals surface area contributed by atoms with E-state index in [1.165, 1.54) is 10.4 Å². The fraction of sp³-hybridized carbons (Fsp3) is 0.143. The highest BCUT2D eigenvalue weighted by Crippen LogP contribution is 2.31. The van der Waals surface area contributed by atoms with Crippen molar-refractivity contribution in [3.63, 3.8) is 0 Å². The summed E-state index contributed by atoms with van der Waals surface area (Å²) in [5, 5.41) is 4.33. The predicted octanol–water partition coefficient (Wildman–Crippen LogP) is 4.40. The molecule has 3 N–H and O–H groups in total. The van der Waals surface area contributed by atoms with Gasteiger partial charge in [-0.25, -0.2) is 4.98 Å². The van der Waals surface area contributed by atoms with Gasteiger partial charge in [0.05, 0.1) is 5.39 Å². The minimum atomic E-state index is 0.286. The number of fused-ring (bicyclic) bond motifs is 1. The SMILES string of the molecule is Cc1cc(Br)cc(Nc2nc(N)nc3sc(C)cc23)c1. The van der Waals surface area contributed by atoms with Crippen molar-refractivity contribution in [3.05, 3.63) is 39.2 Å². The van der Waals surface area contributed by atoms with Gasteiger partial charge in [-0.3, -0.25) is 0 Å². The molecule has 0 bridgehead atoms. The van der Waals surface area contributed by atoms with E-state index in [1.54, 1.807) is 11.3 Å². The van der Waals surface area contributed by atoms with E-state index < -0.39 is 0 Å². The second-order valence-corrected chi connectivity index (χ2v) is 6.80. The van der Waals surface area contributed by atoms with Crippen molar-refractivity contribution in [3.8, 4) is 0 Å². The van der Waals surface area contributed by atoms with Crippen LogP contribution in [0.2, 0.25) is 0 Å². The van der Waals surface area contributed by atoms with Crippen LogP contribution in [-0.2, 0) is 0 Å². The number of nitrogens with one attached hydrogen (secondary N) is 1. The van der Waals surface area contributed by atoms with Gasteiger partial charge in [-0.15, -0.1) is 11.3 Å². The molecule has 0 spiro atoms. The number of benzene rings is 1. The highest BCUT2D eigenvalue weighted by Gasteiger charge is 2.10. The maximum atomic E-state index is 5.78. The largest absolute Gasteiger partial charge is 0.368 e. The van der Waals surface area contributed by atoms with Gasteiger partial charge in [0.1, 0.15) is 10.6 Å². The van der Waals surface area contributed by atoms with Crippen molar-refractivity contribution in [2.75, 3.05) is 11.1 Å². The van der Waals surface area contributed by atoms with Gasteiger partial charge >= 0.3 is 0 Å². The zero-order chi connectivity index (χ0) is 14.3. The first-order valence-corrected chi connectivity index (χ1v) is 7.70. The van der Waals surface area contributed by atoms with Crippen LogP contribution in [0, 0.1) is 13.8 Å². The summed E-state index contributed by atoms with van der Waals surface area (Å²) in [5.74, 6) is 1.03. The summed E-state index contributed by atoms with van der Waals surface area (Å²) in [4.78, 5) is 10.7. The first-order chi connectivity index (χ1) is 9.51. The maximum Gasteiger partial charge on any atom is 0.223 e. The molecule has 0 unspecified atom stereocenters. The monoisotopic (exact) mass is 348 g/mol. The summed E-state index contributed by atoms with van der Waals surface area (Å²) in [6.07, 6.45) is 0. The number of nitrogens with two attached hydrogens (primary N) is 1. The fourth-order valence-corrected chi connectivity index (χ4v) is 3.59. The molecular formula is C14H13BrN4S. The van der Waals surface area contributed by atoms with Crippen LogP contribution in [-0.4, -0.2) is 9.97 Å². The number of hydrogen-bond donors (Lipinski definition) is 2. The molecule has 6 heteroatoms. The van der Waals surface area contributed by atoms with E-state index >= 15 is 0 Å². The van der Waals surface area contributed by atoms with E-state index in [-0.39, 0.29) is 5.95 Å². The second-order valence-electron chi connectivity index (χ2n) is 4.65. The van der Waals surface area contributed by atoms with Crippen molar-refractivity contribution >= 4 is 54.9 Å². The Kier molecular flexibility index (Phi) is 3.35. The Morgan fingerprint density at radius 3 is 2.70 bits per heavy atom. The number of hydrogen-bond acceptors (Lipinski definition) is 5. The molecule has 4 nitrogen and oxygen atoms in total. The molecule has 2 heterocycles. The van der Waals surface area contributed by atoms with Crippen molar-refractivity contribution in [1.82, 2.24) is 9.97 Å². The van der Waals surface area contributed by atoms with Crippen LogP contribution in [0.25, 0.3) is 10.2 Å². The highest BCUT2D eigenvalue weighted by molar-refractivity contribution is 9.10. The number of anilines is 3. The first-order valence-electron chi connectivity index (χ1n) is 6.09. The van der Waals surface area contributed by atoms with Crippen molar-refractivity contribution < 1.29 is 0 Å². The molecule has 2 aromatic heterocycles. The third kappa shape index (κ3) is 2.62. The summed E-state index contributed by atoms with van der Waals surface area (Å²) < 4.78 is 1.03. The van der Waals surface area contributed by atoms with E-state index in [2.05, 4.69) is 63.3 Å². The summed E-state index contributed by atoms with van der Waals surface area (Å²) in [6, 6.07) is 8.21. The van der Waals surface area contributed by atoms with Crippen LogP contribution in [0.15, 0.2) is 28.7 Å². The topological polar surface area (TPSA) is 63.8 Å². The lowest BCUT2D eigenvalue weighted by Crippen LogP contribution is -2.00. The number of aromatic nitrogens is 2. The lowest BCUT2D eigenvalue weighted by Gasteiger charge is -2.09. The van der Waals surface area contributed by atoms with Crippen LogP contribution in [0.1, 0.15) is 10.4 Å². The van der Waals surface area contributed by atoms with Gasteiger partial charge in [0.2, 0.25) is 5.95 Å². The van der Waals surface area contributed by atoms with Crippen LogP contribution in [0.4, 0.5) is 17.5 Å². The summed E-state index contributed by atoms with van der Waals surface area (Å²) in [6.45, 7) is 4.10. The van der Waals surface area contributed by atoms with Crippen LogP contribution in [0.5, 0.6) is 0 Å². The molecule has 0 radical (unpaired) electrons. The summed E-state index contributed by atoms with van der Waals surface area (Å²) in [7, 11) is 0. The molecule has 0 aliphatic carbocycles. The van der Waals surface area contributed by atoms with E-state index in [0.717, 1.165) is 26.2 Å². The quantitative estimate of drug-likeness (QED) is 0.720. The molecule has 3 rings (SSSR count). The molecule has 102 valence electrons. The standard InChI is InChI=1S/C14H13BrN4S/c1-7-3-9(15)6-10(4-7)17-12-11-5-8(2)20-13(11)19-14(16)18-12/h3-6H,1-2H3,(H3,16,17,18,19). The summed E-state index contributed by atoms with van der Waals surface area (Å²) in [5.41, 5.74) is 7.92. The third-order valence-electron chi connectivity index (χ3n) is 2.84. The molecule has 0 saturated carbocycles. The first kappa shape index (κ1) is 13.3. The van der Waals surface area contributed by atoms with Gasteiger partial charge in [-0.05, 0) is 43.7 Å². The normalized spacial score (nSPS) is 10.9. The Morgan fingerprint density at radius 1 is 1.15 bits per heavy atom. The average molecular weight is 349 g/mol. The number of nitrogen functional groups attached to an aromatic ring is 1. The Bertz CT molecular complexity index is 777. The molecule has 0 saturated heterocycles. The minimum absolute atomic E-state index is 0.286. The average Bonchev–Trinajstić information content (AvgIpc) is 2.68.